The number of nitrogens with zero attached hydrogens (tertiary/aromatic N) is 4. The van der Waals surface area contributed by atoms with Gasteiger partial charge in [-0.2, -0.15) is 0 Å². The standard InChI is InChI=1S/C23H25N5O3/c1-27(2)17-10-8-16(9-11-17)23(29)24-19-13-30-22-20(14-31-21(19)22)28-12-18(25-26-28)15-6-4-3-5-7-15/h3-12,19-22H,13-14H2,1-2H3,(H,24,29). The number of fused-ring (bicyclic) bond motifs is 1. The lowest BCUT2D eigenvalue weighted by Gasteiger charge is -2.18. The summed E-state index contributed by atoms with van der Waals surface area (Å²) in [7, 11) is 3.94. The molecule has 160 valence electrons. The second-order valence-electron chi connectivity index (χ2n) is 8.13. The molecule has 3 aromatic rings. The maximum atomic E-state index is 12.7. The molecular weight excluding hydrogens is 394 g/mol. The quantitative estimate of drug-likeness (QED) is 0.683. The first kappa shape index (κ1) is 19.7. The number of ether oxygens (including phenoxy) is 2. The number of aromatic nitrogens is 3. The summed E-state index contributed by atoms with van der Waals surface area (Å²) in [6, 6.07) is 17.2. The highest BCUT2D eigenvalue weighted by atomic mass is 16.6. The predicted octanol–water partition coefficient (Wildman–Crippen LogP) is 2.15. The molecule has 2 aromatic carbocycles. The summed E-state index contributed by atoms with van der Waals surface area (Å²) < 4.78 is 13.9. The molecule has 4 unspecified atom stereocenters. The molecule has 0 bridgehead atoms. The summed E-state index contributed by atoms with van der Waals surface area (Å²) in [5.41, 5.74) is 3.49. The highest BCUT2D eigenvalue weighted by molar-refractivity contribution is 5.94. The van der Waals surface area contributed by atoms with Crippen molar-refractivity contribution in [2.24, 2.45) is 0 Å². The van der Waals surface area contributed by atoms with Gasteiger partial charge in [-0.05, 0) is 24.3 Å². The zero-order valence-electron chi connectivity index (χ0n) is 17.5. The molecule has 0 saturated carbocycles. The Morgan fingerprint density at radius 1 is 1.03 bits per heavy atom. The van der Waals surface area contributed by atoms with Gasteiger partial charge in [0.2, 0.25) is 0 Å². The van der Waals surface area contributed by atoms with Crippen molar-refractivity contribution in [2.45, 2.75) is 24.3 Å². The third kappa shape index (κ3) is 3.80. The Morgan fingerprint density at radius 2 is 1.77 bits per heavy atom. The fourth-order valence-corrected chi connectivity index (χ4v) is 4.17. The fraction of sp³-hybridized carbons (Fsp3) is 0.348. The molecule has 2 aliphatic rings. The zero-order chi connectivity index (χ0) is 21.4. The molecular formula is C23H25N5O3. The van der Waals surface area contributed by atoms with Crippen LogP contribution in [0.2, 0.25) is 0 Å². The minimum absolute atomic E-state index is 0.0729. The van der Waals surface area contributed by atoms with Gasteiger partial charge in [0.1, 0.15) is 23.9 Å². The minimum Gasteiger partial charge on any atom is -0.378 e. The number of rotatable bonds is 5. The molecule has 4 atom stereocenters. The molecule has 8 heteroatoms. The SMILES string of the molecule is CN(C)c1ccc(C(=O)NC2COC3C2OCC3n2cc(-c3ccccc3)nn2)cc1. The molecule has 5 rings (SSSR count). The van der Waals surface area contributed by atoms with Gasteiger partial charge >= 0.3 is 0 Å². The van der Waals surface area contributed by atoms with Gasteiger partial charge < -0.3 is 19.7 Å². The normalized spacial score (nSPS) is 24.7. The van der Waals surface area contributed by atoms with Crippen molar-refractivity contribution < 1.29 is 14.3 Å². The highest BCUT2D eigenvalue weighted by Crippen LogP contribution is 2.34. The molecule has 2 aliphatic heterocycles. The third-order valence-corrected chi connectivity index (χ3v) is 5.91. The Labute approximate surface area is 180 Å². The predicted molar refractivity (Wildman–Crippen MR) is 116 cm³/mol. The molecule has 0 radical (unpaired) electrons. The van der Waals surface area contributed by atoms with Crippen LogP contribution in [0.1, 0.15) is 16.4 Å². The number of anilines is 1. The first-order chi connectivity index (χ1) is 15.1. The van der Waals surface area contributed by atoms with E-state index in [0.717, 1.165) is 16.9 Å². The summed E-state index contributed by atoms with van der Waals surface area (Å²) in [5.74, 6) is -0.126. The lowest BCUT2D eigenvalue weighted by atomic mass is 10.1. The Balaban J connectivity index is 1.25. The van der Waals surface area contributed by atoms with E-state index in [1.54, 1.807) is 0 Å². The first-order valence-electron chi connectivity index (χ1n) is 10.4. The molecule has 1 amide bonds. The van der Waals surface area contributed by atoms with E-state index < -0.39 is 0 Å². The molecule has 3 heterocycles. The van der Waals surface area contributed by atoms with Crippen LogP contribution in [-0.4, -0.2) is 66.5 Å². The van der Waals surface area contributed by atoms with E-state index in [1.165, 1.54) is 0 Å². The Bertz CT molecular complexity index is 1050. The van der Waals surface area contributed by atoms with Gasteiger partial charge in [-0.15, -0.1) is 5.10 Å². The maximum Gasteiger partial charge on any atom is 0.251 e. The van der Waals surface area contributed by atoms with E-state index in [9.17, 15) is 4.79 Å². The van der Waals surface area contributed by atoms with Gasteiger partial charge in [0.15, 0.2) is 0 Å². The summed E-state index contributed by atoms with van der Waals surface area (Å²) in [6.45, 7) is 0.879. The van der Waals surface area contributed by atoms with Crippen molar-refractivity contribution in [3.63, 3.8) is 0 Å². The average molecular weight is 419 g/mol. The van der Waals surface area contributed by atoms with Crippen LogP contribution in [0.5, 0.6) is 0 Å². The van der Waals surface area contributed by atoms with Gasteiger partial charge in [-0.1, -0.05) is 35.5 Å². The lowest BCUT2D eigenvalue weighted by Crippen LogP contribution is -2.44. The molecule has 0 aliphatic carbocycles. The van der Waals surface area contributed by atoms with Crippen LogP contribution in [0.15, 0.2) is 60.8 Å². The number of hydrogen-bond acceptors (Lipinski definition) is 6. The number of benzene rings is 2. The molecule has 8 nitrogen and oxygen atoms in total. The van der Waals surface area contributed by atoms with Crippen molar-refractivity contribution in [2.75, 3.05) is 32.2 Å². The van der Waals surface area contributed by atoms with E-state index in [-0.39, 0.29) is 30.2 Å². The van der Waals surface area contributed by atoms with Gasteiger partial charge in [0.05, 0.1) is 25.5 Å². The average Bonchev–Trinajstić information content (AvgIpc) is 3.52. The van der Waals surface area contributed by atoms with E-state index in [2.05, 4.69) is 15.6 Å². The van der Waals surface area contributed by atoms with Gasteiger partial charge in [-0.25, -0.2) is 4.68 Å². The van der Waals surface area contributed by atoms with Crippen LogP contribution in [0, 0.1) is 0 Å². The van der Waals surface area contributed by atoms with E-state index in [0.29, 0.717) is 18.8 Å². The molecule has 1 aromatic heterocycles. The van der Waals surface area contributed by atoms with Crippen LogP contribution >= 0.6 is 0 Å². The monoisotopic (exact) mass is 419 g/mol. The summed E-state index contributed by atoms with van der Waals surface area (Å²) in [6.07, 6.45) is 1.54. The third-order valence-electron chi connectivity index (χ3n) is 5.91. The molecule has 31 heavy (non-hydrogen) atoms. The number of nitrogens with one attached hydrogen (secondary N) is 1. The Hall–Kier alpha value is -3.23. The molecule has 1 N–H and O–H groups in total. The molecule has 0 spiro atoms. The number of hydrogen-bond donors (Lipinski definition) is 1. The van der Waals surface area contributed by atoms with Gasteiger partial charge in [-0.3, -0.25) is 4.79 Å². The summed E-state index contributed by atoms with van der Waals surface area (Å²) in [4.78, 5) is 14.7. The second kappa shape index (κ2) is 8.13. The number of carbonyl (C=O) groups excluding carboxylic acids is 1. The fourth-order valence-electron chi connectivity index (χ4n) is 4.17. The first-order valence-corrected chi connectivity index (χ1v) is 10.4. The van der Waals surface area contributed by atoms with Gasteiger partial charge in [0, 0.05) is 30.9 Å². The number of amides is 1. The van der Waals surface area contributed by atoms with Crippen LogP contribution in [0.25, 0.3) is 11.3 Å². The number of carbonyl (C=O) groups is 1. The molecule has 2 fully saturated rings. The summed E-state index contributed by atoms with van der Waals surface area (Å²) >= 11 is 0. The van der Waals surface area contributed by atoms with E-state index in [1.807, 2.05) is 84.5 Å². The van der Waals surface area contributed by atoms with Crippen molar-refractivity contribution in [3.05, 3.63) is 66.4 Å². The van der Waals surface area contributed by atoms with Crippen molar-refractivity contribution in [1.82, 2.24) is 20.3 Å². The maximum absolute atomic E-state index is 12.7. The van der Waals surface area contributed by atoms with Crippen LogP contribution < -0.4 is 10.2 Å². The van der Waals surface area contributed by atoms with E-state index >= 15 is 0 Å². The minimum atomic E-state index is -0.209. The van der Waals surface area contributed by atoms with E-state index in [4.69, 9.17) is 9.47 Å². The van der Waals surface area contributed by atoms with Crippen molar-refractivity contribution in [3.8, 4) is 11.3 Å². The molecule has 2 saturated heterocycles. The Morgan fingerprint density at radius 3 is 2.52 bits per heavy atom. The summed E-state index contributed by atoms with van der Waals surface area (Å²) in [5, 5.41) is 11.7. The zero-order valence-corrected chi connectivity index (χ0v) is 17.5. The topological polar surface area (TPSA) is 81.5 Å². The van der Waals surface area contributed by atoms with Crippen LogP contribution in [0.3, 0.4) is 0 Å². The highest BCUT2D eigenvalue weighted by Gasteiger charge is 2.49. The van der Waals surface area contributed by atoms with Crippen molar-refractivity contribution in [1.29, 1.82) is 0 Å². The second-order valence-corrected chi connectivity index (χ2v) is 8.13. The Kier molecular flexibility index (Phi) is 5.17. The van der Waals surface area contributed by atoms with Crippen molar-refractivity contribution >= 4 is 11.6 Å². The smallest absolute Gasteiger partial charge is 0.251 e. The van der Waals surface area contributed by atoms with Crippen LogP contribution in [-0.2, 0) is 9.47 Å². The van der Waals surface area contributed by atoms with Crippen LogP contribution in [0.4, 0.5) is 5.69 Å². The lowest BCUT2D eigenvalue weighted by molar-refractivity contribution is 0.0613. The largest absolute Gasteiger partial charge is 0.378 e. The van der Waals surface area contributed by atoms with Gasteiger partial charge in [0.25, 0.3) is 5.91 Å².